The number of likely N-dealkylation sites (N-methyl/N-ethyl adjacent to an activating group) is 1. The molecule has 136 valence electrons. The highest BCUT2D eigenvalue weighted by Gasteiger charge is 2.22. The number of anilines is 1. The van der Waals surface area contributed by atoms with Gasteiger partial charge in [0.1, 0.15) is 5.82 Å². The van der Waals surface area contributed by atoms with E-state index in [1.807, 2.05) is 48.0 Å². The molecule has 0 saturated carbocycles. The first-order valence-corrected chi connectivity index (χ1v) is 8.64. The number of nitrogens with zero attached hydrogens (tertiary/aromatic N) is 3. The fraction of sp³-hybridized carbons (Fsp3) is 0.474. The van der Waals surface area contributed by atoms with Gasteiger partial charge in [-0.05, 0) is 12.5 Å². The molecule has 2 aromatic rings. The van der Waals surface area contributed by atoms with Gasteiger partial charge in [0.2, 0.25) is 0 Å². The first kappa shape index (κ1) is 19.0. The molecule has 0 aliphatic heterocycles. The largest absolute Gasteiger partial charge is 0.395 e. The van der Waals surface area contributed by atoms with Crippen molar-refractivity contribution in [2.45, 2.75) is 39.7 Å². The molecule has 6 nitrogen and oxygen atoms in total. The number of aliphatic hydroxyl groups excluding tert-OH is 1. The first-order chi connectivity index (χ1) is 11.8. The second-order valence-corrected chi connectivity index (χ2v) is 7.04. The monoisotopic (exact) mass is 344 g/mol. The minimum Gasteiger partial charge on any atom is -0.395 e. The van der Waals surface area contributed by atoms with Crippen LogP contribution in [0.25, 0.3) is 0 Å². The number of aromatic nitrogens is 2. The molecule has 0 radical (unpaired) electrons. The summed E-state index contributed by atoms with van der Waals surface area (Å²) in [7, 11) is 0. The molecule has 0 saturated heterocycles. The zero-order valence-electron chi connectivity index (χ0n) is 15.5. The molecule has 6 heteroatoms. The van der Waals surface area contributed by atoms with Gasteiger partial charge < -0.3 is 10.0 Å². The van der Waals surface area contributed by atoms with Gasteiger partial charge in [-0.1, -0.05) is 51.1 Å². The second kappa shape index (κ2) is 8.16. The Bertz CT molecular complexity index is 689. The van der Waals surface area contributed by atoms with E-state index in [0.29, 0.717) is 25.5 Å². The lowest BCUT2D eigenvalue weighted by molar-refractivity contribution is 0.191. The maximum absolute atomic E-state index is 12.5. The summed E-state index contributed by atoms with van der Waals surface area (Å²) in [5.41, 5.74) is 1.92. The molecule has 0 atom stereocenters. The highest BCUT2D eigenvalue weighted by molar-refractivity contribution is 5.88. The van der Waals surface area contributed by atoms with Gasteiger partial charge in [0.25, 0.3) is 0 Å². The maximum atomic E-state index is 12.5. The van der Waals surface area contributed by atoms with E-state index in [1.165, 1.54) is 0 Å². The average molecular weight is 344 g/mol. The van der Waals surface area contributed by atoms with E-state index >= 15 is 0 Å². The number of urea groups is 1. The highest BCUT2D eigenvalue weighted by atomic mass is 16.3. The van der Waals surface area contributed by atoms with E-state index in [0.717, 1.165) is 11.3 Å². The van der Waals surface area contributed by atoms with Crippen molar-refractivity contribution in [1.29, 1.82) is 0 Å². The van der Waals surface area contributed by atoms with Gasteiger partial charge in [-0.2, -0.15) is 5.10 Å². The van der Waals surface area contributed by atoms with Crippen molar-refractivity contribution in [3.8, 4) is 0 Å². The normalized spacial score (nSPS) is 11.4. The zero-order chi connectivity index (χ0) is 18.4. The van der Waals surface area contributed by atoms with Gasteiger partial charge >= 0.3 is 6.03 Å². The molecule has 0 fully saturated rings. The van der Waals surface area contributed by atoms with Crippen LogP contribution in [0.1, 0.15) is 39.0 Å². The number of carbonyl (C=O) groups is 1. The van der Waals surface area contributed by atoms with Gasteiger partial charge in [0.15, 0.2) is 0 Å². The van der Waals surface area contributed by atoms with Crippen molar-refractivity contribution >= 4 is 11.8 Å². The standard InChI is InChI=1S/C19H28N4O2/c1-5-22(11-12-24)18(25)20-17-13-16(19(2,3)4)21-23(17)14-15-9-7-6-8-10-15/h6-10,13,24H,5,11-12,14H2,1-4H3,(H,20,25). The highest BCUT2D eigenvalue weighted by Crippen LogP contribution is 2.25. The Labute approximate surface area is 149 Å². The van der Waals surface area contributed by atoms with Gasteiger partial charge in [-0.25, -0.2) is 9.48 Å². The van der Waals surface area contributed by atoms with Crippen LogP contribution in [0.2, 0.25) is 0 Å². The predicted octanol–water partition coefficient (Wildman–Crippen LogP) is 3.08. The third kappa shape index (κ3) is 5.06. The number of aliphatic hydroxyl groups is 1. The zero-order valence-corrected chi connectivity index (χ0v) is 15.5. The average Bonchev–Trinajstić information content (AvgIpc) is 2.96. The molecule has 2 N–H and O–H groups in total. The van der Waals surface area contributed by atoms with E-state index in [4.69, 9.17) is 10.2 Å². The molecule has 0 bridgehead atoms. The Balaban J connectivity index is 2.28. The number of hydrogen-bond acceptors (Lipinski definition) is 3. The van der Waals surface area contributed by atoms with Crippen molar-refractivity contribution in [1.82, 2.24) is 14.7 Å². The molecule has 1 aromatic carbocycles. The van der Waals surface area contributed by atoms with Crippen LogP contribution in [0, 0.1) is 0 Å². The number of amides is 2. The third-order valence-corrected chi connectivity index (χ3v) is 4.00. The van der Waals surface area contributed by atoms with Crippen LogP contribution in [0.15, 0.2) is 36.4 Å². The minimum atomic E-state index is -0.230. The summed E-state index contributed by atoms with van der Waals surface area (Å²) in [5.74, 6) is 0.662. The Morgan fingerprint density at radius 1 is 1.28 bits per heavy atom. The molecular weight excluding hydrogens is 316 g/mol. The lowest BCUT2D eigenvalue weighted by atomic mass is 9.92. The number of rotatable bonds is 6. The Hall–Kier alpha value is -2.34. The van der Waals surface area contributed by atoms with Gasteiger partial charge in [0.05, 0.1) is 18.8 Å². The van der Waals surface area contributed by atoms with E-state index < -0.39 is 0 Å². The smallest absolute Gasteiger partial charge is 0.323 e. The molecular formula is C19H28N4O2. The summed E-state index contributed by atoms with van der Waals surface area (Å²) in [6.45, 7) is 9.54. The summed E-state index contributed by atoms with van der Waals surface area (Å²) in [5, 5.41) is 16.7. The van der Waals surface area contributed by atoms with Crippen molar-refractivity contribution < 1.29 is 9.90 Å². The van der Waals surface area contributed by atoms with Crippen LogP contribution in [0.4, 0.5) is 10.6 Å². The summed E-state index contributed by atoms with van der Waals surface area (Å²) >= 11 is 0. The Morgan fingerprint density at radius 3 is 2.52 bits per heavy atom. The van der Waals surface area contributed by atoms with Crippen LogP contribution < -0.4 is 5.32 Å². The number of benzene rings is 1. The Morgan fingerprint density at radius 2 is 1.96 bits per heavy atom. The summed E-state index contributed by atoms with van der Waals surface area (Å²) in [4.78, 5) is 14.0. The summed E-state index contributed by atoms with van der Waals surface area (Å²) < 4.78 is 1.82. The van der Waals surface area contributed by atoms with E-state index in [1.54, 1.807) is 4.90 Å². The summed E-state index contributed by atoms with van der Waals surface area (Å²) in [6, 6.07) is 11.7. The minimum absolute atomic E-state index is 0.0578. The molecule has 1 heterocycles. The fourth-order valence-corrected chi connectivity index (χ4v) is 2.47. The van der Waals surface area contributed by atoms with E-state index in [2.05, 4.69) is 26.1 Å². The maximum Gasteiger partial charge on any atom is 0.323 e. The van der Waals surface area contributed by atoms with Crippen molar-refractivity contribution in [2.24, 2.45) is 0 Å². The van der Waals surface area contributed by atoms with E-state index in [9.17, 15) is 4.79 Å². The molecule has 25 heavy (non-hydrogen) atoms. The van der Waals surface area contributed by atoms with Crippen molar-refractivity contribution in [2.75, 3.05) is 25.0 Å². The molecule has 2 rings (SSSR count). The number of hydrogen-bond donors (Lipinski definition) is 2. The molecule has 0 aliphatic rings. The third-order valence-electron chi connectivity index (χ3n) is 4.00. The SMILES string of the molecule is CCN(CCO)C(=O)Nc1cc(C(C)(C)C)nn1Cc1ccccc1. The Kier molecular flexibility index (Phi) is 6.20. The molecule has 1 aromatic heterocycles. The fourth-order valence-electron chi connectivity index (χ4n) is 2.47. The first-order valence-electron chi connectivity index (χ1n) is 8.64. The molecule has 0 unspecified atom stereocenters. The van der Waals surface area contributed by atoms with Crippen molar-refractivity contribution in [3.05, 3.63) is 47.7 Å². The van der Waals surface area contributed by atoms with Gasteiger partial charge in [-0.3, -0.25) is 5.32 Å². The van der Waals surface area contributed by atoms with E-state index in [-0.39, 0.29) is 18.1 Å². The topological polar surface area (TPSA) is 70.4 Å². The quantitative estimate of drug-likeness (QED) is 0.846. The van der Waals surface area contributed by atoms with Gasteiger partial charge in [0, 0.05) is 24.6 Å². The second-order valence-electron chi connectivity index (χ2n) is 7.04. The van der Waals surface area contributed by atoms with Crippen molar-refractivity contribution in [3.63, 3.8) is 0 Å². The lowest BCUT2D eigenvalue weighted by Gasteiger charge is -2.20. The number of carbonyl (C=O) groups excluding carboxylic acids is 1. The van der Waals surface area contributed by atoms with Gasteiger partial charge in [-0.15, -0.1) is 0 Å². The van der Waals surface area contributed by atoms with Crippen LogP contribution in [0.3, 0.4) is 0 Å². The van der Waals surface area contributed by atoms with Crippen LogP contribution >= 0.6 is 0 Å². The predicted molar refractivity (Wildman–Crippen MR) is 99.8 cm³/mol. The summed E-state index contributed by atoms with van der Waals surface area (Å²) in [6.07, 6.45) is 0. The number of nitrogens with one attached hydrogen (secondary N) is 1. The molecule has 0 aliphatic carbocycles. The molecule has 2 amide bonds. The molecule has 0 spiro atoms. The van der Waals surface area contributed by atoms with Crippen LogP contribution in [-0.4, -0.2) is 45.5 Å². The van der Waals surface area contributed by atoms with Crippen LogP contribution in [0.5, 0.6) is 0 Å². The lowest BCUT2D eigenvalue weighted by Crippen LogP contribution is -2.37. The van der Waals surface area contributed by atoms with Crippen LogP contribution in [-0.2, 0) is 12.0 Å².